The molecule has 1 aliphatic carbocycles. The molecular formula is C14H17F2NO4S. The zero-order valence-corrected chi connectivity index (χ0v) is 12.8. The summed E-state index contributed by atoms with van der Waals surface area (Å²) in [6.45, 7) is 0. The fraction of sp³-hybridized carbons (Fsp3) is 0.500. The molecule has 0 spiro atoms. The monoisotopic (exact) mass is 333 g/mol. The van der Waals surface area contributed by atoms with Crippen molar-refractivity contribution in [3.8, 4) is 0 Å². The Bertz CT molecular complexity index is 648. The highest BCUT2D eigenvalue weighted by Gasteiger charge is 2.33. The minimum absolute atomic E-state index is 0.137. The number of hydrogen-bond donors (Lipinski definition) is 1. The van der Waals surface area contributed by atoms with E-state index in [9.17, 15) is 22.0 Å². The van der Waals surface area contributed by atoms with E-state index in [4.69, 9.17) is 0 Å². The van der Waals surface area contributed by atoms with Gasteiger partial charge in [-0.2, -0.15) is 8.78 Å². The first-order chi connectivity index (χ1) is 10.4. The summed E-state index contributed by atoms with van der Waals surface area (Å²) in [5.41, 5.74) is 0.137. The minimum atomic E-state index is -4.67. The van der Waals surface area contributed by atoms with Crippen molar-refractivity contribution >= 4 is 21.5 Å². The summed E-state index contributed by atoms with van der Waals surface area (Å²) in [5.74, 6) is -4.03. The molecule has 2 rings (SSSR count). The van der Waals surface area contributed by atoms with Crippen LogP contribution >= 0.6 is 0 Å². The lowest BCUT2D eigenvalue weighted by atomic mass is 10.1. The maximum atomic E-state index is 12.7. The van der Waals surface area contributed by atoms with Crippen LogP contribution in [0.25, 0.3) is 0 Å². The van der Waals surface area contributed by atoms with Crippen molar-refractivity contribution in [3.63, 3.8) is 0 Å². The molecular weight excluding hydrogens is 316 g/mol. The zero-order valence-electron chi connectivity index (χ0n) is 12.0. The maximum absolute atomic E-state index is 12.7. The van der Waals surface area contributed by atoms with E-state index in [2.05, 4.69) is 10.1 Å². The van der Waals surface area contributed by atoms with Crippen molar-refractivity contribution in [2.45, 2.75) is 36.0 Å². The van der Waals surface area contributed by atoms with Gasteiger partial charge >= 0.3 is 11.7 Å². The third-order valence-electron chi connectivity index (χ3n) is 3.75. The van der Waals surface area contributed by atoms with Crippen LogP contribution in [0.1, 0.15) is 19.3 Å². The van der Waals surface area contributed by atoms with E-state index in [-0.39, 0.29) is 23.6 Å². The van der Waals surface area contributed by atoms with Crippen LogP contribution in [0.2, 0.25) is 0 Å². The number of rotatable bonds is 5. The van der Waals surface area contributed by atoms with E-state index in [0.29, 0.717) is 19.3 Å². The molecule has 0 bridgehead atoms. The lowest BCUT2D eigenvalue weighted by molar-refractivity contribution is -0.145. The Kier molecular flexibility index (Phi) is 5.00. The molecule has 2 atom stereocenters. The van der Waals surface area contributed by atoms with Crippen LogP contribution in [0.5, 0.6) is 0 Å². The summed E-state index contributed by atoms with van der Waals surface area (Å²) < 4.78 is 53.5. The summed E-state index contributed by atoms with van der Waals surface area (Å²) in [4.78, 5) is 11.1. The van der Waals surface area contributed by atoms with Crippen molar-refractivity contribution < 1.29 is 26.7 Å². The number of hydrogen-bond acceptors (Lipinski definition) is 5. The average molecular weight is 333 g/mol. The number of halogens is 2. The first-order valence-corrected chi connectivity index (χ1v) is 8.36. The topological polar surface area (TPSA) is 72.5 Å². The summed E-state index contributed by atoms with van der Waals surface area (Å²) in [6, 6.07) is 5.40. The molecule has 1 saturated carbocycles. The molecule has 0 unspecified atom stereocenters. The second kappa shape index (κ2) is 6.60. The van der Waals surface area contributed by atoms with E-state index >= 15 is 0 Å². The van der Waals surface area contributed by atoms with Gasteiger partial charge in [-0.3, -0.25) is 4.79 Å². The number of carbonyl (C=O) groups is 1. The van der Waals surface area contributed by atoms with Crippen LogP contribution in [0.15, 0.2) is 29.2 Å². The molecule has 22 heavy (non-hydrogen) atoms. The molecule has 0 aliphatic heterocycles. The van der Waals surface area contributed by atoms with E-state index in [1.807, 2.05) is 0 Å². The fourth-order valence-electron chi connectivity index (χ4n) is 2.64. The summed E-state index contributed by atoms with van der Waals surface area (Å²) in [7, 11) is -3.36. The SMILES string of the molecule is COC(=O)[C@H]1CC[C@@H](Nc2ccccc2S(=O)(=O)C(F)F)C1. The van der Waals surface area contributed by atoms with Gasteiger partial charge in [-0.15, -0.1) is 0 Å². The number of alkyl halides is 2. The van der Waals surface area contributed by atoms with Gasteiger partial charge in [-0.1, -0.05) is 12.1 Å². The standard InChI is InChI=1S/C14H17F2NO4S/c1-21-13(18)9-6-7-10(8-9)17-11-4-2-3-5-12(11)22(19,20)14(15)16/h2-5,9-10,14,17H,6-8H2,1H3/t9-,10+/m0/s1. The quantitative estimate of drug-likeness (QED) is 0.838. The summed E-state index contributed by atoms with van der Waals surface area (Å²) >= 11 is 0. The fourth-order valence-corrected chi connectivity index (χ4v) is 3.54. The highest BCUT2D eigenvalue weighted by molar-refractivity contribution is 7.91. The Morgan fingerprint density at radius 3 is 2.64 bits per heavy atom. The van der Waals surface area contributed by atoms with E-state index in [1.165, 1.54) is 19.2 Å². The molecule has 0 radical (unpaired) electrons. The largest absolute Gasteiger partial charge is 0.469 e. The van der Waals surface area contributed by atoms with E-state index < -0.39 is 20.5 Å². The predicted molar refractivity (Wildman–Crippen MR) is 76.4 cm³/mol. The number of benzene rings is 1. The summed E-state index contributed by atoms with van der Waals surface area (Å²) in [5, 5.41) is 2.96. The Morgan fingerprint density at radius 2 is 2.00 bits per heavy atom. The molecule has 1 N–H and O–H groups in total. The Hall–Kier alpha value is -1.70. The first-order valence-electron chi connectivity index (χ1n) is 6.81. The first kappa shape index (κ1) is 16.7. The molecule has 0 saturated heterocycles. The third kappa shape index (κ3) is 3.37. The molecule has 0 aromatic heterocycles. The van der Waals surface area contributed by atoms with Crippen LogP contribution in [-0.4, -0.2) is 33.3 Å². The predicted octanol–water partition coefficient (Wildman–Crippen LogP) is 2.44. The lowest BCUT2D eigenvalue weighted by Crippen LogP contribution is -2.21. The van der Waals surface area contributed by atoms with E-state index in [0.717, 1.165) is 6.07 Å². The van der Waals surface area contributed by atoms with Gasteiger partial charge < -0.3 is 10.1 Å². The van der Waals surface area contributed by atoms with Gasteiger partial charge in [0, 0.05) is 6.04 Å². The lowest BCUT2D eigenvalue weighted by Gasteiger charge is -2.17. The molecule has 122 valence electrons. The van der Waals surface area contributed by atoms with Gasteiger partial charge in [0.25, 0.3) is 0 Å². The van der Waals surface area contributed by atoms with Crippen LogP contribution < -0.4 is 5.32 Å². The summed E-state index contributed by atoms with van der Waals surface area (Å²) in [6.07, 6.45) is 1.74. The van der Waals surface area contributed by atoms with Crippen molar-refractivity contribution in [1.82, 2.24) is 0 Å². The average Bonchev–Trinajstić information content (AvgIpc) is 2.95. The van der Waals surface area contributed by atoms with Crippen molar-refractivity contribution in [3.05, 3.63) is 24.3 Å². The van der Waals surface area contributed by atoms with Gasteiger partial charge in [0.05, 0.1) is 23.6 Å². The molecule has 8 heteroatoms. The molecule has 1 aliphatic rings. The molecule has 0 heterocycles. The van der Waals surface area contributed by atoms with Crippen LogP contribution in [0.3, 0.4) is 0 Å². The highest BCUT2D eigenvalue weighted by atomic mass is 32.2. The molecule has 0 amide bonds. The second-order valence-corrected chi connectivity index (χ2v) is 7.06. The Balaban J connectivity index is 2.17. The van der Waals surface area contributed by atoms with Gasteiger partial charge in [0.15, 0.2) is 0 Å². The second-order valence-electron chi connectivity index (χ2n) is 5.18. The molecule has 1 aromatic carbocycles. The number of anilines is 1. The highest BCUT2D eigenvalue weighted by Crippen LogP contribution is 2.32. The van der Waals surface area contributed by atoms with Gasteiger partial charge in [-0.25, -0.2) is 8.42 Å². The number of para-hydroxylation sites is 1. The Morgan fingerprint density at radius 1 is 1.32 bits per heavy atom. The third-order valence-corrected chi connectivity index (χ3v) is 5.19. The van der Waals surface area contributed by atoms with Gasteiger partial charge in [0.2, 0.25) is 9.84 Å². The number of sulfone groups is 1. The van der Waals surface area contributed by atoms with Crippen molar-refractivity contribution in [2.24, 2.45) is 5.92 Å². The van der Waals surface area contributed by atoms with Crippen LogP contribution in [-0.2, 0) is 19.4 Å². The number of nitrogens with one attached hydrogen (secondary N) is 1. The van der Waals surface area contributed by atoms with E-state index in [1.54, 1.807) is 6.07 Å². The smallest absolute Gasteiger partial charge is 0.341 e. The number of carbonyl (C=O) groups excluding carboxylic acids is 1. The van der Waals surface area contributed by atoms with Gasteiger partial charge in [0.1, 0.15) is 0 Å². The number of ether oxygens (including phenoxy) is 1. The van der Waals surface area contributed by atoms with Crippen molar-refractivity contribution in [2.75, 3.05) is 12.4 Å². The number of methoxy groups -OCH3 is 1. The molecule has 1 aromatic rings. The molecule has 1 fully saturated rings. The van der Waals surface area contributed by atoms with Gasteiger partial charge in [-0.05, 0) is 31.4 Å². The Labute approximate surface area is 127 Å². The minimum Gasteiger partial charge on any atom is -0.469 e. The normalized spacial score (nSPS) is 21.8. The maximum Gasteiger partial charge on any atom is 0.341 e. The molecule has 5 nitrogen and oxygen atoms in total. The van der Waals surface area contributed by atoms with Crippen molar-refractivity contribution in [1.29, 1.82) is 0 Å². The van der Waals surface area contributed by atoms with Crippen LogP contribution in [0, 0.1) is 5.92 Å². The van der Waals surface area contributed by atoms with Crippen LogP contribution in [0.4, 0.5) is 14.5 Å². The number of esters is 1. The zero-order chi connectivity index (χ0) is 16.3.